The summed E-state index contributed by atoms with van der Waals surface area (Å²) in [6.07, 6.45) is 0. The highest BCUT2D eigenvalue weighted by Crippen LogP contribution is 2.44. The maximum atomic E-state index is 6.61. The van der Waals surface area contributed by atoms with Crippen LogP contribution >= 0.6 is 70.7 Å². The molecule has 0 aliphatic carbocycles. The van der Waals surface area contributed by atoms with Crippen molar-refractivity contribution in [2.45, 2.75) is 12.3 Å². The summed E-state index contributed by atoms with van der Waals surface area (Å²) in [6.45, 7) is 2.02. The van der Waals surface area contributed by atoms with Crippen LogP contribution in [-0.2, 0) is 0 Å². The Labute approximate surface area is 146 Å². The van der Waals surface area contributed by atoms with Crippen molar-refractivity contribution in [3.63, 3.8) is 0 Å². The van der Waals surface area contributed by atoms with E-state index in [0.29, 0.717) is 0 Å². The zero-order chi connectivity index (χ0) is 14.2. The highest BCUT2D eigenvalue weighted by Gasteiger charge is 2.21. The lowest BCUT2D eigenvalue weighted by molar-refractivity contribution is 0.409. The maximum Gasteiger partial charge on any atom is 0.124 e. The van der Waals surface area contributed by atoms with Gasteiger partial charge in [-0.2, -0.15) is 0 Å². The van der Waals surface area contributed by atoms with Crippen LogP contribution in [0, 0.1) is 6.92 Å². The summed E-state index contributed by atoms with van der Waals surface area (Å²) in [5.41, 5.74) is 3.11. The molecule has 0 bridgehead atoms. The van der Waals surface area contributed by atoms with Crippen molar-refractivity contribution < 1.29 is 4.74 Å². The molecule has 1 nitrogen and oxygen atoms in total. The quantitative estimate of drug-likeness (QED) is 0.437. The third-order valence-corrected chi connectivity index (χ3v) is 6.45. The van der Waals surface area contributed by atoms with Gasteiger partial charge >= 0.3 is 0 Å². The molecule has 0 saturated heterocycles. The van der Waals surface area contributed by atoms with Crippen molar-refractivity contribution >= 4 is 70.7 Å². The molecule has 1 unspecified atom stereocenters. The van der Waals surface area contributed by atoms with E-state index in [0.717, 1.165) is 34.5 Å². The summed E-state index contributed by atoms with van der Waals surface area (Å²) in [4.78, 5) is 0. The third kappa shape index (κ3) is 3.38. The van der Waals surface area contributed by atoms with Gasteiger partial charge in [-0.05, 0) is 62.5 Å². The van der Waals surface area contributed by atoms with Crippen molar-refractivity contribution in [2.75, 3.05) is 7.11 Å². The molecule has 0 radical (unpaired) electrons. The second-order valence-corrected chi connectivity index (χ2v) is 9.03. The molecule has 0 saturated carbocycles. The maximum absolute atomic E-state index is 6.61. The Kier molecular flexibility index (Phi) is 5.40. The lowest BCUT2D eigenvalue weighted by atomic mass is 10.0. The number of methoxy groups -OCH3 is 1. The van der Waals surface area contributed by atoms with Crippen LogP contribution in [0.15, 0.2) is 30.2 Å². The Hall–Kier alpha value is 0.450. The number of aryl methyl sites for hydroxylation is 1. The monoisotopic (exact) mass is 486 g/mol. The Morgan fingerprint density at radius 2 is 1.84 bits per heavy atom. The van der Waals surface area contributed by atoms with E-state index < -0.39 is 0 Å². The molecule has 1 aromatic carbocycles. The first kappa shape index (κ1) is 15.8. The predicted molar refractivity (Wildman–Crippen MR) is 92.8 cm³/mol. The molecule has 2 rings (SSSR count). The topological polar surface area (TPSA) is 9.23 Å². The van der Waals surface area contributed by atoms with Crippen LogP contribution in [0.4, 0.5) is 0 Å². The molecule has 0 N–H and O–H groups in total. The summed E-state index contributed by atoms with van der Waals surface area (Å²) >= 11 is 18.8. The Morgan fingerprint density at radius 3 is 2.37 bits per heavy atom. The number of ether oxygens (including phenoxy) is 1. The standard InChI is InChI=1S/C13H10Br3ClOS/c1-6-3-10(18-2)7(4-9(6)14)12(17)8-5-11(15)19-13(8)16/h3-5,12H,1-2H3. The van der Waals surface area contributed by atoms with Gasteiger partial charge in [0.15, 0.2) is 0 Å². The van der Waals surface area contributed by atoms with E-state index in [4.69, 9.17) is 16.3 Å². The van der Waals surface area contributed by atoms with Gasteiger partial charge in [0.1, 0.15) is 5.75 Å². The van der Waals surface area contributed by atoms with Crippen LogP contribution in [0.2, 0.25) is 0 Å². The normalized spacial score (nSPS) is 12.5. The molecule has 1 heterocycles. The first-order valence-electron chi connectivity index (χ1n) is 5.37. The van der Waals surface area contributed by atoms with E-state index in [1.807, 2.05) is 25.1 Å². The molecule has 1 atom stereocenters. The molecule has 6 heteroatoms. The number of hydrogen-bond donors (Lipinski definition) is 0. The van der Waals surface area contributed by atoms with Crippen LogP contribution < -0.4 is 4.74 Å². The van der Waals surface area contributed by atoms with E-state index in [-0.39, 0.29) is 5.38 Å². The number of hydrogen-bond acceptors (Lipinski definition) is 2. The summed E-state index contributed by atoms with van der Waals surface area (Å²) in [5, 5.41) is -0.260. The van der Waals surface area contributed by atoms with Crippen molar-refractivity contribution in [1.82, 2.24) is 0 Å². The fraction of sp³-hybridized carbons (Fsp3) is 0.231. The van der Waals surface area contributed by atoms with Crippen LogP contribution in [0.3, 0.4) is 0 Å². The van der Waals surface area contributed by atoms with Gasteiger partial charge in [0.05, 0.1) is 20.1 Å². The van der Waals surface area contributed by atoms with Gasteiger partial charge in [0.25, 0.3) is 0 Å². The molecule has 0 fully saturated rings. The molecular weight excluding hydrogens is 479 g/mol. The first-order chi connectivity index (χ1) is 8.93. The number of benzene rings is 1. The smallest absolute Gasteiger partial charge is 0.124 e. The van der Waals surface area contributed by atoms with E-state index >= 15 is 0 Å². The van der Waals surface area contributed by atoms with Gasteiger partial charge in [0.2, 0.25) is 0 Å². The fourth-order valence-corrected chi connectivity index (χ4v) is 5.54. The summed E-state index contributed by atoms with van der Waals surface area (Å²) in [5.74, 6) is 0.801. The highest BCUT2D eigenvalue weighted by molar-refractivity contribution is 9.12. The molecule has 102 valence electrons. The molecular formula is C13H10Br3ClOS. The molecule has 0 aliphatic rings. The molecule has 1 aromatic heterocycles. The average Bonchev–Trinajstić information content (AvgIpc) is 2.70. The Balaban J connectivity index is 2.52. The van der Waals surface area contributed by atoms with Gasteiger partial charge in [-0.1, -0.05) is 15.9 Å². The van der Waals surface area contributed by atoms with Gasteiger partial charge in [-0.15, -0.1) is 22.9 Å². The van der Waals surface area contributed by atoms with Gasteiger partial charge < -0.3 is 4.74 Å². The second-order valence-electron chi connectivity index (χ2n) is 3.99. The minimum absolute atomic E-state index is 0.260. The minimum Gasteiger partial charge on any atom is -0.496 e. The average molecular weight is 489 g/mol. The van der Waals surface area contributed by atoms with Crippen LogP contribution in [0.1, 0.15) is 22.1 Å². The number of thiophene rings is 1. The van der Waals surface area contributed by atoms with E-state index in [2.05, 4.69) is 47.8 Å². The lowest BCUT2D eigenvalue weighted by Crippen LogP contribution is -1.98. The molecule has 2 aromatic rings. The third-order valence-electron chi connectivity index (χ3n) is 2.74. The van der Waals surface area contributed by atoms with Gasteiger partial charge in [-0.25, -0.2) is 0 Å². The van der Waals surface area contributed by atoms with Crippen molar-refractivity contribution in [3.05, 3.63) is 46.9 Å². The molecule has 0 aliphatic heterocycles. The van der Waals surface area contributed by atoms with Crippen molar-refractivity contribution in [2.24, 2.45) is 0 Å². The van der Waals surface area contributed by atoms with Crippen molar-refractivity contribution in [1.29, 1.82) is 0 Å². The zero-order valence-electron chi connectivity index (χ0n) is 10.1. The van der Waals surface area contributed by atoms with Crippen molar-refractivity contribution in [3.8, 4) is 5.75 Å². The zero-order valence-corrected chi connectivity index (χ0v) is 16.5. The summed E-state index contributed by atoms with van der Waals surface area (Å²) in [6, 6.07) is 6.04. The largest absolute Gasteiger partial charge is 0.496 e. The van der Waals surface area contributed by atoms with Gasteiger partial charge in [-0.3, -0.25) is 0 Å². The van der Waals surface area contributed by atoms with E-state index in [1.165, 1.54) is 0 Å². The van der Waals surface area contributed by atoms with Crippen LogP contribution in [0.25, 0.3) is 0 Å². The molecule has 0 amide bonds. The second kappa shape index (κ2) is 6.48. The fourth-order valence-electron chi connectivity index (χ4n) is 1.74. The van der Waals surface area contributed by atoms with E-state index in [1.54, 1.807) is 18.4 Å². The number of alkyl halides is 1. The Bertz CT molecular complexity index is 612. The predicted octanol–water partition coefficient (Wildman–Crippen LogP) is 6.68. The molecule has 19 heavy (non-hydrogen) atoms. The minimum atomic E-state index is -0.260. The Morgan fingerprint density at radius 1 is 1.16 bits per heavy atom. The SMILES string of the molecule is COc1cc(C)c(Br)cc1C(Cl)c1cc(Br)sc1Br. The van der Waals surface area contributed by atoms with E-state index in [9.17, 15) is 0 Å². The summed E-state index contributed by atoms with van der Waals surface area (Å²) in [7, 11) is 1.66. The lowest BCUT2D eigenvalue weighted by Gasteiger charge is -2.15. The summed E-state index contributed by atoms with van der Waals surface area (Å²) < 4.78 is 8.54. The number of rotatable bonds is 3. The molecule has 0 spiro atoms. The highest BCUT2D eigenvalue weighted by atomic mass is 79.9. The van der Waals surface area contributed by atoms with Gasteiger partial charge in [0, 0.05) is 15.6 Å². The van der Waals surface area contributed by atoms with Crippen LogP contribution in [0.5, 0.6) is 5.75 Å². The van der Waals surface area contributed by atoms with Crippen LogP contribution in [-0.4, -0.2) is 7.11 Å². The first-order valence-corrected chi connectivity index (χ1v) is 9.00. The number of halogens is 4.